The molecule has 0 aliphatic heterocycles. The van der Waals surface area contributed by atoms with Gasteiger partial charge in [0, 0.05) is 12.3 Å². The first-order valence-corrected chi connectivity index (χ1v) is 5.52. The van der Waals surface area contributed by atoms with E-state index in [1.165, 1.54) is 18.0 Å². The average molecular weight is 238 g/mol. The van der Waals surface area contributed by atoms with Crippen LogP contribution in [0.25, 0.3) is 6.20 Å². The number of nitrogens with zero attached hydrogens (tertiary/aromatic N) is 4. The summed E-state index contributed by atoms with van der Waals surface area (Å²) < 4.78 is 6.84. The Morgan fingerprint density at radius 3 is 2.76 bits per heavy atom. The number of aromatic nitrogens is 4. The maximum absolute atomic E-state index is 11.9. The van der Waals surface area contributed by atoms with Gasteiger partial charge in [-0.3, -0.25) is 0 Å². The molecule has 92 valence electrons. The number of esters is 1. The Hall–Kier alpha value is -1.92. The van der Waals surface area contributed by atoms with Crippen LogP contribution in [-0.2, 0) is 9.53 Å². The van der Waals surface area contributed by atoms with Crippen molar-refractivity contribution in [2.45, 2.75) is 31.7 Å². The summed E-state index contributed by atoms with van der Waals surface area (Å²) in [4.78, 5) is 22.7. The Kier molecular flexibility index (Phi) is 3.36. The Labute approximate surface area is 97.7 Å². The van der Waals surface area contributed by atoms with Crippen molar-refractivity contribution in [2.24, 2.45) is 0 Å². The lowest BCUT2D eigenvalue weighted by atomic mass is 10.3. The largest absolute Gasteiger partial charge is 0.466 e. The molecule has 2 rings (SSSR count). The van der Waals surface area contributed by atoms with Gasteiger partial charge in [0.25, 0.3) is 0 Å². The minimum absolute atomic E-state index is 0.141. The number of methoxy groups -OCH3 is 1. The molecule has 0 N–H and O–H groups in total. The first-order chi connectivity index (χ1) is 8.22. The molecule has 1 fully saturated rings. The first-order valence-electron chi connectivity index (χ1n) is 5.52. The Morgan fingerprint density at radius 1 is 1.41 bits per heavy atom. The number of tetrazole rings is 1. The van der Waals surface area contributed by atoms with Gasteiger partial charge in [0.15, 0.2) is 0 Å². The van der Waals surface area contributed by atoms with E-state index in [0.717, 1.165) is 36.4 Å². The number of ether oxygens (including phenoxy) is 1. The third-order valence-electron chi connectivity index (χ3n) is 2.85. The van der Waals surface area contributed by atoms with Crippen LogP contribution < -0.4 is 5.69 Å². The summed E-state index contributed by atoms with van der Waals surface area (Å²) in [6.45, 7) is 0. The second-order valence-corrected chi connectivity index (χ2v) is 3.93. The molecule has 7 heteroatoms. The van der Waals surface area contributed by atoms with Crippen LogP contribution in [0.3, 0.4) is 0 Å². The zero-order chi connectivity index (χ0) is 12.3. The molecule has 1 aromatic heterocycles. The van der Waals surface area contributed by atoms with E-state index < -0.39 is 5.97 Å². The number of hydrogen-bond acceptors (Lipinski definition) is 5. The van der Waals surface area contributed by atoms with Crippen molar-refractivity contribution >= 4 is 12.2 Å². The number of carbonyl (C=O) groups excluding carboxylic acids is 1. The molecule has 1 aliphatic carbocycles. The Morgan fingerprint density at radius 2 is 2.12 bits per heavy atom. The van der Waals surface area contributed by atoms with E-state index in [9.17, 15) is 9.59 Å². The molecule has 0 radical (unpaired) electrons. The molecule has 0 spiro atoms. The van der Waals surface area contributed by atoms with Crippen LogP contribution >= 0.6 is 0 Å². The van der Waals surface area contributed by atoms with Crippen molar-refractivity contribution in [1.82, 2.24) is 19.8 Å². The molecule has 1 aliphatic rings. The van der Waals surface area contributed by atoms with Gasteiger partial charge in [-0.25, -0.2) is 9.59 Å². The highest BCUT2D eigenvalue weighted by Crippen LogP contribution is 2.26. The van der Waals surface area contributed by atoms with Gasteiger partial charge in [-0.1, -0.05) is 12.8 Å². The fourth-order valence-corrected chi connectivity index (χ4v) is 1.94. The highest BCUT2D eigenvalue weighted by atomic mass is 16.5. The highest BCUT2D eigenvalue weighted by molar-refractivity contribution is 5.84. The maximum atomic E-state index is 11.9. The van der Waals surface area contributed by atoms with Crippen molar-refractivity contribution in [3.05, 3.63) is 16.6 Å². The van der Waals surface area contributed by atoms with Gasteiger partial charge in [-0.15, -0.1) is 0 Å². The van der Waals surface area contributed by atoms with Gasteiger partial charge in [-0.05, 0) is 23.3 Å². The molecule has 1 saturated carbocycles. The summed E-state index contributed by atoms with van der Waals surface area (Å²) in [5.41, 5.74) is -0.322. The topological polar surface area (TPSA) is 79.0 Å². The van der Waals surface area contributed by atoms with Crippen LogP contribution in [0.5, 0.6) is 0 Å². The summed E-state index contributed by atoms with van der Waals surface area (Å²) in [5, 5.41) is 7.50. The molecule has 0 saturated heterocycles. The van der Waals surface area contributed by atoms with Crippen molar-refractivity contribution < 1.29 is 9.53 Å². The van der Waals surface area contributed by atoms with Gasteiger partial charge in [0.1, 0.15) is 0 Å². The van der Waals surface area contributed by atoms with Crippen LogP contribution in [0.4, 0.5) is 0 Å². The smallest absolute Gasteiger partial charge is 0.368 e. The van der Waals surface area contributed by atoms with Crippen LogP contribution in [0, 0.1) is 0 Å². The molecular weight excluding hydrogens is 224 g/mol. The number of hydrogen-bond donors (Lipinski definition) is 0. The van der Waals surface area contributed by atoms with Crippen molar-refractivity contribution in [1.29, 1.82) is 0 Å². The van der Waals surface area contributed by atoms with Crippen molar-refractivity contribution in [3.8, 4) is 0 Å². The number of carbonyl (C=O) groups is 1. The molecule has 1 aromatic rings. The second-order valence-electron chi connectivity index (χ2n) is 3.93. The summed E-state index contributed by atoms with van der Waals surface area (Å²) in [6, 6.07) is 0.141. The fraction of sp³-hybridized carbons (Fsp3) is 0.600. The fourth-order valence-electron chi connectivity index (χ4n) is 1.94. The predicted octanol–water partition coefficient (Wildman–Crippen LogP) is 0.199. The zero-order valence-electron chi connectivity index (χ0n) is 9.57. The van der Waals surface area contributed by atoms with Crippen molar-refractivity contribution in [3.63, 3.8) is 0 Å². The van der Waals surface area contributed by atoms with E-state index in [1.807, 2.05) is 0 Å². The monoisotopic (exact) mass is 238 g/mol. The van der Waals surface area contributed by atoms with Gasteiger partial charge < -0.3 is 4.74 Å². The third kappa shape index (κ3) is 2.43. The molecule has 0 unspecified atom stereocenters. The van der Waals surface area contributed by atoms with Crippen LogP contribution in [0.1, 0.15) is 31.7 Å². The molecule has 0 atom stereocenters. The van der Waals surface area contributed by atoms with E-state index >= 15 is 0 Å². The van der Waals surface area contributed by atoms with Crippen molar-refractivity contribution in [2.75, 3.05) is 7.11 Å². The minimum Gasteiger partial charge on any atom is -0.466 e. The molecule has 0 aromatic carbocycles. The maximum Gasteiger partial charge on any atom is 0.368 e. The van der Waals surface area contributed by atoms with Crippen LogP contribution in [0.2, 0.25) is 0 Å². The molecule has 1 heterocycles. The molecule has 17 heavy (non-hydrogen) atoms. The Balaban J connectivity index is 2.18. The van der Waals surface area contributed by atoms with E-state index in [2.05, 4.69) is 15.2 Å². The van der Waals surface area contributed by atoms with E-state index in [-0.39, 0.29) is 11.7 Å². The third-order valence-corrected chi connectivity index (χ3v) is 2.85. The van der Waals surface area contributed by atoms with Gasteiger partial charge >= 0.3 is 11.7 Å². The van der Waals surface area contributed by atoms with Crippen LogP contribution in [0.15, 0.2) is 10.9 Å². The van der Waals surface area contributed by atoms with Gasteiger partial charge in [0.2, 0.25) is 0 Å². The SMILES string of the molecule is COC(=O)/C=C\n1nnn(C2CCCC2)c1=O. The normalized spacial score (nSPS) is 16.8. The summed E-state index contributed by atoms with van der Waals surface area (Å²) in [6.07, 6.45) is 6.53. The first kappa shape index (κ1) is 11.6. The molecule has 0 bridgehead atoms. The summed E-state index contributed by atoms with van der Waals surface area (Å²) in [7, 11) is 1.27. The quantitative estimate of drug-likeness (QED) is 0.555. The lowest BCUT2D eigenvalue weighted by molar-refractivity contribution is -0.134. The standard InChI is InChI=1S/C10H14N4O3/c1-17-9(15)6-7-13-10(16)14(12-11-13)8-4-2-3-5-8/h6-8H,2-5H2,1H3/b7-6-. The Bertz CT molecular complexity index is 482. The van der Waals surface area contributed by atoms with Gasteiger partial charge in [-0.2, -0.15) is 9.36 Å². The van der Waals surface area contributed by atoms with E-state index in [0.29, 0.717) is 0 Å². The zero-order valence-corrected chi connectivity index (χ0v) is 9.57. The predicted molar refractivity (Wildman–Crippen MR) is 59.1 cm³/mol. The number of rotatable bonds is 3. The van der Waals surface area contributed by atoms with Crippen LogP contribution in [-0.4, -0.2) is 32.9 Å². The lowest BCUT2D eigenvalue weighted by Gasteiger charge is -2.04. The second kappa shape index (κ2) is 4.94. The summed E-state index contributed by atoms with van der Waals surface area (Å²) >= 11 is 0. The molecule has 7 nitrogen and oxygen atoms in total. The minimum atomic E-state index is -0.535. The molecule has 0 amide bonds. The highest BCUT2D eigenvalue weighted by Gasteiger charge is 2.20. The molecular formula is C10H14N4O3. The van der Waals surface area contributed by atoms with E-state index in [1.54, 1.807) is 0 Å². The summed E-state index contributed by atoms with van der Waals surface area (Å²) in [5.74, 6) is -0.535. The average Bonchev–Trinajstić information content (AvgIpc) is 2.95. The van der Waals surface area contributed by atoms with Gasteiger partial charge in [0.05, 0.1) is 13.2 Å². The van der Waals surface area contributed by atoms with E-state index in [4.69, 9.17) is 0 Å². The lowest BCUT2D eigenvalue weighted by Crippen LogP contribution is -2.25.